The van der Waals surface area contributed by atoms with Crippen molar-refractivity contribution in [2.45, 2.75) is 45.1 Å². The standard InChI is InChI=1S/C13H26N4O2/c1-3-13(15,4-2)11(18)17-7-5-6-10(9-17)8-16-12(14)19/h10H,3-9,15H2,1-2H3,(H3,14,16,19). The molecule has 0 aromatic carbocycles. The van der Waals surface area contributed by atoms with Gasteiger partial charge in [-0.2, -0.15) is 0 Å². The summed E-state index contributed by atoms with van der Waals surface area (Å²) in [6, 6.07) is -0.515. The molecule has 1 fully saturated rings. The van der Waals surface area contributed by atoms with Crippen molar-refractivity contribution >= 4 is 11.9 Å². The van der Waals surface area contributed by atoms with Gasteiger partial charge in [-0.3, -0.25) is 4.79 Å². The smallest absolute Gasteiger partial charge is 0.312 e. The Bertz CT molecular complexity index is 329. The summed E-state index contributed by atoms with van der Waals surface area (Å²) in [5.41, 5.74) is 10.5. The number of primary amides is 1. The van der Waals surface area contributed by atoms with Crippen LogP contribution in [-0.4, -0.2) is 42.0 Å². The Morgan fingerprint density at radius 2 is 2.00 bits per heavy atom. The zero-order chi connectivity index (χ0) is 14.5. The van der Waals surface area contributed by atoms with Crippen molar-refractivity contribution in [2.24, 2.45) is 17.4 Å². The van der Waals surface area contributed by atoms with Crippen molar-refractivity contribution < 1.29 is 9.59 Å². The summed E-state index contributed by atoms with van der Waals surface area (Å²) in [6.07, 6.45) is 3.23. The Hall–Kier alpha value is -1.30. The van der Waals surface area contributed by atoms with Crippen molar-refractivity contribution in [1.82, 2.24) is 10.2 Å². The highest BCUT2D eigenvalue weighted by atomic mass is 16.2. The number of likely N-dealkylation sites (tertiary alicyclic amines) is 1. The second-order valence-corrected chi connectivity index (χ2v) is 5.37. The molecule has 0 aromatic rings. The fourth-order valence-electron chi connectivity index (χ4n) is 2.53. The molecule has 0 bridgehead atoms. The second kappa shape index (κ2) is 6.75. The zero-order valence-electron chi connectivity index (χ0n) is 11.9. The molecule has 0 aromatic heterocycles. The Kier molecular flexibility index (Phi) is 5.60. The van der Waals surface area contributed by atoms with Crippen molar-refractivity contribution in [1.29, 1.82) is 0 Å². The van der Waals surface area contributed by atoms with Crippen molar-refractivity contribution in [3.63, 3.8) is 0 Å². The minimum absolute atomic E-state index is 0.0290. The Morgan fingerprint density at radius 3 is 2.53 bits per heavy atom. The van der Waals surface area contributed by atoms with Gasteiger partial charge in [0, 0.05) is 19.6 Å². The molecule has 1 unspecified atom stereocenters. The maximum atomic E-state index is 12.5. The van der Waals surface area contributed by atoms with Crippen molar-refractivity contribution in [3.05, 3.63) is 0 Å². The predicted octanol–water partition coefficient (Wildman–Crippen LogP) is 0.411. The molecule has 19 heavy (non-hydrogen) atoms. The van der Waals surface area contributed by atoms with Crippen molar-refractivity contribution in [2.75, 3.05) is 19.6 Å². The molecule has 6 nitrogen and oxygen atoms in total. The maximum Gasteiger partial charge on any atom is 0.312 e. The van der Waals surface area contributed by atoms with E-state index in [9.17, 15) is 9.59 Å². The highest BCUT2D eigenvalue weighted by molar-refractivity contribution is 5.86. The molecular formula is C13H26N4O2. The highest BCUT2D eigenvalue weighted by Gasteiger charge is 2.36. The minimum atomic E-state index is -0.751. The van der Waals surface area contributed by atoms with Crippen molar-refractivity contribution in [3.8, 4) is 0 Å². The van der Waals surface area contributed by atoms with Gasteiger partial charge in [0.05, 0.1) is 5.54 Å². The number of nitrogens with zero attached hydrogens (tertiary/aromatic N) is 1. The van der Waals surface area contributed by atoms with E-state index in [0.29, 0.717) is 25.9 Å². The SMILES string of the molecule is CCC(N)(CC)C(=O)N1CCCC(CNC(N)=O)C1. The van der Waals surface area contributed by atoms with Crippen LogP contribution in [0.2, 0.25) is 0 Å². The number of nitrogens with one attached hydrogen (secondary N) is 1. The number of hydrogen-bond acceptors (Lipinski definition) is 3. The third-order valence-electron chi connectivity index (χ3n) is 4.06. The number of piperidine rings is 1. The molecule has 6 heteroatoms. The van der Waals surface area contributed by atoms with Gasteiger partial charge in [-0.1, -0.05) is 13.8 Å². The van der Waals surface area contributed by atoms with Crippen LogP contribution in [0.25, 0.3) is 0 Å². The maximum absolute atomic E-state index is 12.5. The minimum Gasteiger partial charge on any atom is -0.352 e. The number of carbonyl (C=O) groups excluding carboxylic acids is 2. The van der Waals surface area contributed by atoms with E-state index in [1.807, 2.05) is 18.7 Å². The van der Waals surface area contributed by atoms with Crippen LogP contribution in [0.5, 0.6) is 0 Å². The van der Waals surface area contributed by atoms with Gasteiger partial charge in [-0.15, -0.1) is 0 Å². The summed E-state index contributed by atoms with van der Waals surface area (Å²) in [4.78, 5) is 25.0. The molecule has 1 aliphatic heterocycles. The van der Waals surface area contributed by atoms with Gasteiger partial charge >= 0.3 is 6.03 Å². The number of hydrogen-bond donors (Lipinski definition) is 3. The largest absolute Gasteiger partial charge is 0.352 e. The van der Waals surface area contributed by atoms with E-state index in [-0.39, 0.29) is 11.8 Å². The van der Waals surface area contributed by atoms with Gasteiger partial charge in [0.1, 0.15) is 0 Å². The molecule has 1 rings (SSSR count). The Balaban J connectivity index is 2.59. The van der Waals surface area contributed by atoms with Crippen LogP contribution in [0.1, 0.15) is 39.5 Å². The fourth-order valence-corrected chi connectivity index (χ4v) is 2.53. The molecule has 1 saturated heterocycles. The number of rotatable bonds is 5. The topological polar surface area (TPSA) is 101 Å². The molecule has 1 atom stereocenters. The molecule has 0 radical (unpaired) electrons. The lowest BCUT2D eigenvalue weighted by atomic mass is 9.90. The van der Waals surface area contributed by atoms with Crippen LogP contribution in [0.4, 0.5) is 4.79 Å². The zero-order valence-corrected chi connectivity index (χ0v) is 11.9. The van der Waals surface area contributed by atoms with Crippen LogP contribution < -0.4 is 16.8 Å². The lowest BCUT2D eigenvalue weighted by Crippen LogP contribution is -2.57. The first-order chi connectivity index (χ1) is 8.92. The molecule has 5 N–H and O–H groups in total. The normalized spacial score (nSPS) is 20.2. The monoisotopic (exact) mass is 270 g/mol. The van der Waals surface area contributed by atoms with Gasteiger partial charge in [-0.05, 0) is 31.6 Å². The molecule has 1 aliphatic rings. The van der Waals surface area contributed by atoms with Crippen LogP contribution in [0, 0.1) is 5.92 Å². The summed E-state index contributed by atoms with van der Waals surface area (Å²) in [5, 5.41) is 2.61. The van der Waals surface area contributed by atoms with Crippen LogP contribution in [-0.2, 0) is 4.79 Å². The van der Waals surface area contributed by atoms with E-state index in [1.165, 1.54) is 0 Å². The van der Waals surface area contributed by atoms with Gasteiger partial charge in [0.2, 0.25) is 5.91 Å². The molecule has 0 aliphatic carbocycles. The Labute approximate surface area is 114 Å². The summed E-state index contributed by atoms with van der Waals surface area (Å²) in [5.74, 6) is 0.296. The Morgan fingerprint density at radius 1 is 1.37 bits per heavy atom. The summed E-state index contributed by atoms with van der Waals surface area (Å²) >= 11 is 0. The number of nitrogens with two attached hydrogens (primary N) is 2. The molecule has 110 valence electrons. The van der Waals surface area contributed by atoms with E-state index in [2.05, 4.69) is 5.32 Å². The average Bonchev–Trinajstić information content (AvgIpc) is 2.43. The molecule has 3 amide bonds. The highest BCUT2D eigenvalue weighted by Crippen LogP contribution is 2.21. The van der Waals surface area contributed by atoms with E-state index in [1.54, 1.807) is 0 Å². The lowest BCUT2D eigenvalue weighted by Gasteiger charge is -2.38. The predicted molar refractivity (Wildman–Crippen MR) is 74.4 cm³/mol. The number of carbonyl (C=O) groups is 2. The first-order valence-corrected chi connectivity index (χ1v) is 7.04. The van der Waals surface area contributed by atoms with Crippen LogP contribution in [0.15, 0.2) is 0 Å². The van der Waals surface area contributed by atoms with E-state index < -0.39 is 11.6 Å². The number of urea groups is 1. The first-order valence-electron chi connectivity index (χ1n) is 7.04. The summed E-state index contributed by atoms with van der Waals surface area (Å²) in [7, 11) is 0. The summed E-state index contributed by atoms with van der Waals surface area (Å²) < 4.78 is 0. The molecule has 0 saturated carbocycles. The van der Waals surface area contributed by atoms with Gasteiger partial charge in [-0.25, -0.2) is 4.79 Å². The second-order valence-electron chi connectivity index (χ2n) is 5.37. The third-order valence-corrected chi connectivity index (χ3v) is 4.06. The van der Waals surface area contributed by atoms with Crippen LogP contribution >= 0.6 is 0 Å². The molecular weight excluding hydrogens is 244 g/mol. The summed E-state index contributed by atoms with van der Waals surface area (Å²) in [6.45, 7) is 5.81. The van der Waals surface area contributed by atoms with Gasteiger partial charge in [0.15, 0.2) is 0 Å². The first kappa shape index (κ1) is 15.8. The average molecular weight is 270 g/mol. The van der Waals surface area contributed by atoms with Gasteiger partial charge < -0.3 is 21.7 Å². The number of amides is 3. The van der Waals surface area contributed by atoms with E-state index in [4.69, 9.17) is 11.5 Å². The van der Waals surface area contributed by atoms with Gasteiger partial charge in [0.25, 0.3) is 0 Å². The van der Waals surface area contributed by atoms with E-state index in [0.717, 1.165) is 19.4 Å². The third kappa shape index (κ3) is 4.09. The molecule has 0 spiro atoms. The lowest BCUT2D eigenvalue weighted by molar-refractivity contribution is -0.139. The fraction of sp³-hybridized carbons (Fsp3) is 0.846. The quantitative estimate of drug-likeness (QED) is 0.674. The molecule has 1 heterocycles. The van der Waals surface area contributed by atoms with Crippen LogP contribution in [0.3, 0.4) is 0 Å². The van der Waals surface area contributed by atoms with E-state index >= 15 is 0 Å².